The summed E-state index contributed by atoms with van der Waals surface area (Å²) in [7, 11) is 0. The molecule has 110 valence electrons. The highest BCUT2D eigenvalue weighted by molar-refractivity contribution is 9.10. The van der Waals surface area contributed by atoms with Gasteiger partial charge >= 0.3 is 12.0 Å². The summed E-state index contributed by atoms with van der Waals surface area (Å²) in [5.41, 5.74) is 1.65. The Morgan fingerprint density at radius 1 is 1.45 bits per heavy atom. The monoisotopic (exact) mass is 342 g/mol. The molecule has 1 aromatic rings. The zero-order valence-corrected chi connectivity index (χ0v) is 13.4. The van der Waals surface area contributed by atoms with E-state index in [1.54, 1.807) is 6.92 Å². The highest BCUT2D eigenvalue weighted by Gasteiger charge is 2.21. The number of carboxylic acid groups (broad SMARTS) is 1. The van der Waals surface area contributed by atoms with E-state index in [-0.39, 0.29) is 18.5 Å². The van der Waals surface area contributed by atoms with Crippen molar-refractivity contribution in [1.82, 2.24) is 4.90 Å². The van der Waals surface area contributed by atoms with Crippen molar-refractivity contribution in [3.8, 4) is 0 Å². The number of hydrogen-bond acceptors (Lipinski definition) is 2. The first-order valence-electron chi connectivity index (χ1n) is 6.41. The van der Waals surface area contributed by atoms with Crippen molar-refractivity contribution in [3.05, 3.63) is 28.2 Å². The molecule has 6 heteroatoms. The summed E-state index contributed by atoms with van der Waals surface area (Å²) in [5, 5.41) is 11.6. The van der Waals surface area contributed by atoms with E-state index >= 15 is 0 Å². The number of carbonyl (C=O) groups is 2. The lowest BCUT2D eigenvalue weighted by atomic mass is 10.2. The first-order chi connectivity index (χ1) is 9.36. The third-order valence-corrected chi connectivity index (χ3v) is 3.97. The Morgan fingerprint density at radius 3 is 2.65 bits per heavy atom. The van der Waals surface area contributed by atoms with Crippen LogP contribution in [0.15, 0.2) is 22.7 Å². The van der Waals surface area contributed by atoms with Crippen molar-refractivity contribution in [2.45, 2.75) is 33.2 Å². The molecule has 0 aliphatic heterocycles. The number of hydrogen-bond donors (Lipinski definition) is 2. The van der Waals surface area contributed by atoms with E-state index in [9.17, 15) is 9.59 Å². The van der Waals surface area contributed by atoms with Crippen molar-refractivity contribution < 1.29 is 14.7 Å². The van der Waals surface area contributed by atoms with E-state index in [2.05, 4.69) is 21.2 Å². The van der Waals surface area contributed by atoms with E-state index in [0.717, 1.165) is 10.0 Å². The zero-order valence-electron chi connectivity index (χ0n) is 11.8. The van der Waals surface area contributed by atoms with Crippen molar-refractivity contribution >= 4 is 33.6 Å². The minimum atomic E-state index is -0.914. The van der Waals surface area contributed by atoms with Gasteiger partial charge in [0.05, 0.1) is 6.42 Å². The second kappa shape index (κ2) is 7.28. The summed E-state index contributed by atoms with van der Waals surface area (Å²) in [6.07, 6.45) is -0.0707. The molecule has 0 spiro atoms. The molecule has 0 saturated carbocycles. The number of rotatable bonds is 5. The van der Waals surface area contributed by atoms with E-state index in [0.29, 0.717) is 12.2 Å². The summed E-state index contributed by atoms with van der Waals surface area (Å²) >= 11 is 3.41. The summed E-state index contributed by atoms with van der Waals surface area (Å²) in [5.74, 6) is -0.914. The number of nitrogens with zero attached hydrogens (tertiary/aromatic N) is 1. The van der Waals surface area contributed by atoms with Crippen LogP contribution in [0.3, 0.4) is 0 Å². The molecule has 0 fully saturated rings. The van der Waals surface area contributed by atoms with Crippen LogP contribution >= 0.6 is 15.9 Å². The fourth-order valence-electron chi connectivity index (χ4n) is 1.95. The number of urea groups is 1. The van der Waals surface area contributed by atoms with Crippen LogP contribution in [0.25, 0.3) is 0 Å². The standard InChI is InChI=1S/C14H19BrN2O3/c1-4-17(9(2)8-13(18)19)14(20)16-12-7-5-6-11(15)10(12)3/h5-7,9H,4,8H2,1-3H3,(H,16,20)(H,18,19). The van der Waals surface area contributed by atoms with Crippen LogP contribution in [0.2, 0.25) is 0 Å². The molecule has 0 heterocycles. The van der Waals surface area contributed by atoms with Crippen molar-refractivity contribution in [3.63, 3.8) is 0 Å². The second-order valence-electron chi connectivity index (χ2n) is 4.58. The van der Waals surface area contributed by atoms with Gasteiger partial charge in [-0.05, 0) is 38.5 Å². The normalized spacial score (nSPS) is 11.8. The minimum absolute atomic E-state index is 0.0707. The van der Waals surface area contributed by atoms with Gasteiger partial charge in [-0.1, -0.05) is 22.0 Å². The van der Waals surface area contributed by atoms with Gasteiger partial charge in [0, 0.05) is 22.7 Å². The van der Waals surface area contributed by atoms with Crippen LogP contribution in [-0.4, -0.2) is 34.6 Å². The quantitative estimate of drug-likeness (QED) is 0.860. The van der Waals surface area contributed by atoms with Crippen LogP contribution in [-0.2, 0) is 4.79 Å². The average Bonchev–Trinajstić information content (AvgIpc) is 2.35. The predicted octanol–water partition coefficient (Wildman–Crippen LogP) is 3.47. The Labute approximate surface area is 127 Å². The maximum absolute atomic E-state index is 12.2. The number of carbonyl (C=O) groups excluding carboxylic acids is 1. The molecule has 1 aromatic carbocycles. The van der Waals surface area contributed by atoms with Crippen molar-refractivity contribution in [2.75, 3.05) is 11.9 Å². The third kappa shape index (κ3) is 4.23. The van der Waals surface area contributed by atoms with E-state index in [4.69, 9.17) is 5.11 Å². The predicted molar refractivity (Wildman–Crippen MR) is 82.0 cm³/mol. The SMILES string of the molecule is CCN(C(=O)Nc1cccc(Br)c1C)C(C)CC(=O)O. The Balaban J connectivity index is 2.82. The van der Waals surface area contributed by atoms with Crippen LogP contribution in [0, 0.1) is 6.92 Å². The van der Waals surface area contributed by atoms with E-state index < -0.39 is 5.97 Å². The molecule has 0 saturated heterocycles. The first-order valence-corrected chi connectivity index (χ1v) is 7.20. The molecule has 2 N–H and O–H groups in total. The molecular weight excluding hydrogens is 324 g/mol. The van der Waals surface area contributed by atoms with Gasteiger partial charge in [0.1, 0.15) is 0 Å². The lowest BCUT2D eigenvalue weighted by molar-refractivity contribution is -0.137. The van der Waals surface area contributed by atoms with Crippen molar-refractivity contribution in [2.24, 2.45) is 0 Å². The molecule has 0 aliphatic rings. The topological polar surface area (TPSA) is 69.6 Å². The van der Waals surface area contributed by atoms with Crippen LogP contribution < -0.4 is 5.32 Å². The van der Waals surface area contributed by atoms with Crippen LogP contribution in [0.1, 0.15) is 25.8 Å². The number of amides is 2. The number of halogens is 1. The van der Waals surface area contributed by atoms with Gasteiger partial charge in [0.25, 0.3) is 0 Å². The van der Waals surface area contributed by atoms with Gasteiger partial charge in [-0.3, -0.25) is 4.79 Å². The molecule has 0 aliphatic carbocycles. The maximum atomic E-state index is 12.2. The Morgan fingerprint density at radius 2 is 2.10 bits per heavy atom. The van der Waals surface area contributed by atoms with Gasteiger partial charge in [-0.2, -0.15) is 0 Å². The van der Waals surface area contributed by atoms with Gasteiger partial charge in [-0.25, -0.2) is 4.79 Å². The zero-order chi connectivity index (χ0) is 15.3. The fourth-order valence-corrected chi connectivity index (χ4v) is 2.31. The molecule has 1 unspecified atom stereocenters. The van der Waals surface area contributed by atoms with Crippen LogP contribution in [0.5, 0.6) is 0 Å². The number of nitrogens with one attached hydrogen (secondary N) is 1. The van der Waals surface area contributed by atoms with Crippen molar-refractivity contribution in [1.29, 1.82) is 0 Å². The van der Waals surface area contributed by atoms with E-state index in [1.165, 1.54) is 4.90 Å². The smallest absolute Gasteiger partial charge is 0.322 e. The molecule has 1 atom stereocenters. The molecule has 2 amide bonds. The van der Waals surface area contributed by atoms with Crippen LogP contribution in [0.4, 0.5) is 10.5 Å². The highest BCUT2D eigenvalue weighted by Crippen LogP contribution is 2.24. The third-order valence-electron chi connectivity index (χ3n) is 3.11. The Hall–Kier alpha value is -1.56. The molecule has 5 nitrogen and oxygen atoms in total. The number of benzene rings is 1. The summed E-state index contributed by atoms with van der Waals surface area (Å²) in [6.45, 7) is 5.90. The molecular formula is C14H19BrN2O3. The number of aliphatic carboxylic acids is 1. The van der Waals surface area contributed by atoms with Gasteiger partial charge in [0.15, 0.2) is 0 Å². The molecule has 0 radical (unpaired) electrons. The Bertz CT molecular complexity index is 505. The minimum Gasteiger partial charge on any atom is -0.481 e. The van der Waals surface area contributed by atoms with E-state index in [1.807, 2.05) is 32.0 Å². The average molecular weight is 343 g/mol. The first kappa shape index (κ1) is 16.5. The van der Waals surface area contributed by atoms with Gasteiger partial charge in [-0.15, -0.1) is 0 Å². The maximum Gasteiger partial charge on any atom is 0.322 e. The number of anilines is 1. The Kier molecular flexibility index (Phi) is 6.01. The molecule has 1 rings (SSSR count). The molecule has 0 bridgehead atoms. The summed E-state index contributed by atoms with van der Waals surface area (Å²) in [6, 6.07) is 4.90. The highest BCUT2D eigenvalue weighted by atomic mass is 79.9. The summed E-state index contributed by atoms with van der Waals surface area (Å²) in [4.78, 5) is 24.5. The largest absolute Gasteiger partial charge is 0.481 e. The van der Waals surface area contributed by atoms with Gasteiger partial charge in [0.2, 0.25) is 0 Å². The summed E-state index contributed by atoms with van der Waals surface area (Å²) < 4.78 is 0.914. The lowest BCUT2D eigenvalue weighted by Crippen LogP contribution is -2.42. The lowest BCUT2D eigenvalue weighted by Gasteiger charge is -2.27. The number of carboxylic acids is 1. The molecule has 20 heavy (non-hydrogen) atoms. The van der Waals surface area contributed by atoms with Gasteiger partial charge < -0.3 is 15.3 Å². The molecule has 0 aromatic heterocycles. The fraction of sp³-hybridized carbons (Fsp3) is 0.429. The second-order valence-corrected chi connectivity index (χ2v) is 5.43.